The Morgan fingerprint density at radius 3 is 2.94 bits per heavy atom. The topological polar surface area (TPSA) is 85.3 Å². The number of anilines is 1. The molecule has 2 atom stereocenters. The lowest BCUT2D eigenvalue weighted by molar-refractivity contribution is -0.385. The summed E-state index contributed by atoms with van der Waals surface area (Å²) in [5.41, 5.74) is 6.68. The van der Waals surface area contributed by atoms with Gasteiger partial charge in [0.2, 0.25) is 0 Å². The Labute approximate surface area is 106 Å². The van der Waals surface area contributed by atoms with Crippen LogP contribution in [0.25, 0.3) is 0 Å². The maximum Gasteiger partial charge on any atom is 0.277 e. The van der Waals surface area contributed by atoms with Crippen LogP contribution in [-0.2, 0) is 0 Å². The van der Waals surface area contributed by atoms with E-state index in [0.717, 1.165) is 19.5 Å². The van der Waals surface area contributed by atoms with E-state index in [1.165, 1.54) is 0 Å². The summed E-state index contributed by atoms with van der Waals surface area (Å²) in [6.45, 7) is 5.40. The third-order valence-electron chi connectivity index (χ3n) is 3.55. The van der Waals surface area contributed by atoms with Crippen LogP contribution in [0, 0.1) is 23.0 Å². The zero-order valence-corrected chi connectivity index (χ0v) is 10.7. The number of aryl methyl sites for hydroxylation is 1. The van der Waals surface area contributed by atoms with Gasteiger partial charge in [-0.15, -0.1) is 0 Å². The molecule has 18 heavy (non-hydrogen) atoms. The molecule has 2 unspecified atom stereocenters. The number of hydrogen-bond acceptors (Lipinski definition) is 5. The van der Waals surface area contributed by atoms with E-state index >= 15 is 0 Å². The molecule has 2 N–H and O–H groups in total. The van der Waals surface area contributed by atoms with Crippen molar-refractivity contribution in [2.24, 2.45) is 11.7 Å². The van der Waals surface area contributed by atoms with Gasteiger partial charge in [0.15, 0.2) is 0 Å². The summed E-state index contributed by atoms with van der Waals surface area (Å²) in [5.74, 6) is 1.05. The first-order valence-corrected chi connectivity index (χ1v) is 6.10. The van der Waals surface area contributed by atoms with Crippen molar-refractivity contribution in [1.82, 2.24) is 4.98 Å². The van der Waals surface area contributed by atoms with Gasteiger partial charge >= 0.3 is 0 Å². The van der Waals surface area contributed by atoms with Crippen molar-refractivity contribution in [2.75, 3.05) is 18.0 Å². The average molecular weight is 250 g/mol. The van der Waals surface area contributed by atoms with E-state index in [2.05, 4.69) is 16.8 Å². The lowest BCUT2D eigenvalue weighted by atomic mass is 9.95. The predicted octanol–water partition coefficient (Wildman–Crippen LogP) is 1.47. The summed E-state index contributed by atoms with van der Waals surface area (Å²) in [7, 11) is 0. The average Bonchev–Trinajstić information content (AvgIpc) is 2.33. The molecular weight excluding hydrogens is 232 g/mol. The molecule has 0 amide bonds. The van der Waals surface area contributed by atoms with Gasteiger partial charge in [-0.2, -0.15) is 0 Å². The molecule has 6 nitrogen and oxygen atoms in total. The van der Waals surface area contributed by atoms with Crippen LogP contribution in [0.2, 0.25) is 0 Å². The Kier molecular flexibility index (Phi) is 3.47. The number of nitrogens with zero attached hydrogens (tertiary/aromatic N) is 3. The summed E-state index contributed by atoms with van der Waals surface area (Å²) >= 11 is 0. The van der Waals surface area contributed by atoms with Crippen molar-refractivity contribution >= 4 is 11.5 Å². The van der Waals surface area contributed by atoms with Gasteiger partial charge in [-0.3, -0.25) is 10.1 Å². The summed E-state index contributed by atoms with van der Waals surface area (Å²) in [6.07, 6.45) is 2.46. The Hall–Kier alpha value is -1.69. The lowest BCUT2D eigenvalue weighted by Crippen LogP contribution is -2.46. The number of aromatic nitrogens is 1. The van der Waals surface area contributed by atoms with Crippen molar-refractivity contribution in [1.29, 1.82) is 0 Å². The van der Waals surface area contributed by atoms with Crippen LogP contribution in [0.5, 0.6) is 0 Å². The molecule has 1 aromatic heterocycles. The Morgan fingerprint density at radius 2 is 2.33 bits per heavy atom. The van der Waals surface area contributed by atoms with Crippen LogP contribution >= 0.6 is 0 Å². The maximum atomic E-state index is 10.9. The highest BCUT2D eigenvalue weighted by Crippen LogP contribution is 2.25. The second-order valence-corrected chi connectivity index (χ2v) is 4.96. The van der Waals surface area contributed by atoms with Crippen molar-refractivity contribution in [3.8, 4) is 0 Å². The first-order valence-electron chi connectivity index (χ1n) is 6.10. The largest absolute Gasteiger partial charge is 0.356 e. The number of pyridine rings is 1. The monoisotopic (exact) mass is 250 g/mol. The molecule has 0 bridgehead atoms. The van der Waals surface area contributed by atoms with Gasteiger partial charge in [-0.25, -0.2) is 4.98 Å². The summed E-state index contributed by atoms with van der Waals surface area (Å²) in [6, 6.07) is 1.76. The van der Waals surface area contributed by atoms with Crippen LogP contribution in [-0.4, -0.2) is 29.0 Å². The van der Waals surface area contributed by atoms with E-state index in [1.807, 2.05) is 0 Å². The lowest BCUT2D eigenvalue weighted by Gasteiger charge is -2.35. The number of hydrogen-bond donors (Lipinski definition) is 1. The highest BCUT2D eigenvalue weighted by molar-refractivity contribution is 5.51. The van der Waals surface area contributed by atoms with Gasteiger partial charge in [-0.1, -0.05) is 6.92 Å². The van der Waals surface area contributed by atoms with Gasteiger partial charge in [-0.05, 0) is 19.3 Å². The van der Waals surface area contributed by atoms with E-state index in [1.54, 1.807) is 19.2 Å². The molecule has 2 heterocycles. The fraction of sp³-hybridized carbons (Fsp3) is 0.583. The molecule has 0 spiro atoms. The zero-order chi connectivity index (χ0) is 13.3. The summed E-state index contributed by atoms with van der Waals surface area (Å²) in [5, 5.41) is 10.9. The number of piperidine rings is 1. The predicted molar refractivity (Wildman–Crippen MR) is 69.6 cm³/mol. The van der Waals surface area contributed by atoms with Crippen LogP contribution in [0.4, 0.5) is 11.5 Å². The standard InChI is InChI=1S/C12H18N4O2/c1-8-6-14-12(5-11(8)16(17)18)15-4-3-10(13)9(2)7-15/h5-6,9-10H,3-4,7,13H2,1-2H3. The minimum Gasteiger partial charge on any atom is -0.356 e. The van der Waals surface area contributed by atoms with Gasteiger partial charge in [0.1, 0.15) is 5.82 Å². The molecule has 1 fully saturated rings. The Bertz CT molecular complexity index is 463. The molecule has 1 saturated heterocycles. The van der Waals surface area contributed by atoms with E-state index in [-0.39, 0.29) is 16.7 Å². The van der Waals surface area contributed by atoms with Crippen molar-refractivity contribution in [2.45, 2.75) is 26.3 Å². The van der Waals surface area contributed by atoms with E-state index in [9.17, 15) is 10.1 Å². The van der Waals surface area contributed by atoms with Crippen LogP contribution in [0.15, 0.2) is 12.3 Å². The fourth-order valence-electron chi connectivity index (χ4n) is 2.24. The Morgan fingerprint density at radius 1 is 1.61 bits per heavy atom. The molecule has 2 rings (SSSR count). The minimum absolute atomic E-state index is 0.127. The smallest absolute Gasteiger partial charge is 0.277 e. The van der Waals surface area contributed by atoms with Gasteiger partial charge in [0.05, 0.1) is 11.0 Å². The molecule has 6 heteroatoms. The molecule has 0 aliphatic carbocycles. The number of nitro groups is 1. The molecule has 0 saturated carbocycles. The molecule has 98 valence electrons. The summed E-state index contributed by atoms with van der Waals surface area (Å²) < 4.78 is 0. The normalized spacial score (nSPS) is 24.1. The van der Waals surface area contributed by atoms with Crippen molar-refractivity contribution < 1.29 is 4.92 Å². The highest BCUT2D eigenvalue weighted by atomic mass is 16.6. The van der Waals surface area contributed by atoms with Crippen LogP contribution < -0.4 is 10.6 Å². The minimum atomic E-state index is -0.361. The molecule has 0 aromatic carbocycles. The van der Waals surface area contributed by atoms with Crippen LogP contribution in [0.1, 0.15) is 18.9 Å². The fourth-order valence-corrected chi connectivity index (χ4v) is 2.24. The van der Waals surface area contributed by atoms with Crippen molar-refractivity contribution in [3.05, 3.63) is 27.9 Å². The van der Waals surface area contributed by atoms with Crippen molar-refractivity contribution in [3.63, 3.8) is 0 Å². The molecule has 0 radical (unpaired) electrons. The number of nitrogens with two attached hydrogens (primary N) is 1. The van der Waals surface area contributed by atoms with E-state index in [0.29, 0.717) is 17.3 Å². The second-order valence-electron chi connectivity index (χ2n) is 4.96. The van der Waals surface area contributed by atoms with Gasteiger partial charge in [0.25, 0.3) is 5.69 Å². The van der Waals surface area contributed by atoms with Gasteiger partial charge < -0.3 is 10.6 Å². The molecule has 1 aliphatic rings. The zero-order valence-electron chi connectivity index (χ0n) is 10.7. The first kappa shape index (κ1) is 12.8. The number of rotatable bonds is 2. The SMILES string of the molecule is Cc1cnc(N2CCC(N)C(C)C2)cc1[N+](=O)[O-]. The summed E-state index contributed by atoms with van der Waals surface area (Å²) in [4.78, 5) is 16.9. The van der Waals surface area contributed by atoms with Gasteiger partial charge in [0, 0.05) is 30.9 Å². The molecule has 1 aromatic rings. The third-order valence-corrected chi connectivity index (χ3v) is 3.55. The first-order chi connectivity index (χ1) is 8.49. The molecule has 1 aliphatic heterocycles. The van der Waals surface area contributed by atoms with E-state index in [4.69, 9.17) is 5.73 Å². The Balaban J connectivity index is 2.24. The van der Waals surface area contributed by atoms with Crippen LogP contribution in [0.3, 0.4) is 0 Å². The second kappa shape index (κ2) is 4.89. The highest BCUT2D eigenvalue weighted by Gasteiger charge is 2.25. The third kappa shape index (κ3) is 2.43. The quantitative estimate of drug-likeness (QED) is 0.634. The van der Waals surface area contributed by atoms with E-state index < -0.39 is 0 Å². The maximum absolute atomic E-state index is 10.9. The molecular formula is C12H18N4O2.